The first-order chi connectivity index (χ1) is 9.88. The number of thiophene rings is 1. The van der Waals surface area contributed by atoms with Gasteiger partial charge < -0.3 is 5.32 Å². The molecule has 114 valence electrons. The summed E-state index contributed by atoms with van der Waals surface area (Å²) in [6.45, 7) is 4.74. The molecule has 0 atom stereocenters. The summed E-state index contributed by atoms with van der Waals surface area (Å²) in [5.41, 5.74) is 1.34. The van der Waals surface area contributed by atoms with Gasteiger partial charge in [-0.1, -0.05) is 37.6 Å². The second-order valence-electron chi connectivity index (χ2n) is 4.89. The Balaban J connectivity index is 2.15. The lowest BCUT2D eigenvalue weighted by Crippen LogP contribution is -2.21. The van der Waals surface area contributed by atoms with E-state index in [0.717, 1.165) is 5.56 Å². The number of benzene rings is 1. The fraction of sp³-hybridized carbons (Fsp3) is 0.286. The summed E-state index contributed by atoms with van der Waals surface area (Å²) in [5, 5.41) is 5.47. The maximum atomic E-state index is 12.3. The number of para-hydroxylation sites is 1. The minimum atomic E-state index is -3.60. The summed E-state index contributed by atoms with van der Waals surface area (Å²) in [6.07, 6.45) is 0. The van der Waals surface area contributed by atoms with Crippen molar-refractivity contribution in [2.24, 2.45) is 0 Å². The van der Waals surface area contributed by atoms with Crippen LogP contribution in [0.2, 0.25) is 5.02 Å². The average Bonchev–Trinajstić information content (AvgIpc) is 2.88. The lowest BCUT2D eigenvalue weighted by molar-refractivity contribution is 0.589. The number of nitrogens with one attached hydrogen (secondary N) is 2. The highest BCUT2D eigenvalue weighted by molar-refractivity contribution is 7.94. The third-order valence-corrected chi connectivity index (χ3v) is 5.91. The van der Waals surface area contributed by atoms with Crippen LogP contribution in [0.5, 0.6) is 0 Å². The summed E-state index contributed by atoms with van der Waals surface area (Å²) < 4.78 is 27.4. The quantitative estimate of drug-likeness (QED) is 0.840. The van der Waals surface area contributed by atoms with Crippen molar-refractivity contribution in [1.29, 1.82) is 0 Å². The van der Waals surface area contributed by atoms with Crippen molar-refractivity contribution in [3.05, 3.63) is 46.3 Å². The van der Waals surface area contributed by atoms with Crippen LogP contribution in [0, 0.1) is 0 Å². The molecular weight excluding hydrogens is 328 g/mol. The summed E-state index contributed by atoms with van der Waals surface area (Å²) in [7, 11) is -3.60. The van der Waals surface area contributed by atoms with Gasteiger partial charge in [0.25, 0.3) is 10.0 Å². The van der Waals surface area contributed by atoms with E-state index >= 15 is 0 Å². The zero-order valence-electron chi connectivity index (χ0n) is 11.8. The Bertz CT molecular complexity index is 711. The Morgan fingerprint density at radius 2 is 2.00 bits per heavy atom. The molecule has 21 heavy (non-hydrogen) atoms. The SMILES string of the molecule is CC(C)NCc1csc(S(=O)(=O)Nc2ccccc2Cl)c1. The first-order valence-electron chi connectivity index (χ1n) is 6.46. The Morgan fingerprint density at radius 3 is 2.67 bits per heavy atom. The van der Waals surface area contributed by atoms with Crippen molar-refractivity contribution >= 4 is 38.6 Å². The number of halogens is 1. The van der Waals surface area contributed by atoms with Crippen LogP contribution in [0.3, 0.4) is 0 Å². The van der Waals surface area contributed by atoms with Gasteiger partial charge in [0, 0.05) is 12.6 Å². The maximum absolute atomic E-state index is 12.3. The van der Waals surface area contributed by atoms with E-state index in [1.54, 1.807) is 30.3 Å². The van der Waals surface area contributed by atoms with Crippen molar-refractivity contribution in [3.8, 4) is 0 Å². The molecule has 0 saturated heterocycles. The summed E-state index contributed by atoms with van der Waals surface area (Å²) in [5.74, 6) is 0. The fourth-order valence-corrected chi connectivity index (χ4v) is 4.18. The molecule has 0 amide bonds. The van der Waals surface area contributed by atoms with Gasteiger partial charge in [0.05, 0.1) is 10.7 Å². The van der Waals surface area contributed by atoms with Crippen LogP contribution in [0.15, 0.2) is 39.9 Å². The summed E-state index contributed by atoms with van der Waals surface area (Å²) >= 11 is 7.17. The molecule has 0 unspecified atom stereocenters. The molecule has 0 aliphatic heterocycles. The van der Waals surface area contributed by atoms with Crippen LogP contribution in [-0.2, 0) is 16.6 Å². The highest BCUT2D eigenvalue weighted by Crippen LogP contribution is 2.26. The van der Waals surface area contributed by atoms with Gasteiger partial charge in [-0.05, 0) is 29.1 Å². The molecule has 0 spiro atoms. The van der Waals surface area contributed by atoms with Gasteiger partial charge in [-0.3, -0.25) is 4.72 Å². The van der Waals surface area contributed by atoms with Crippen molar-refractivity contribution in [3.63, 3.8) is 0 Å². The van der Waals surface area contributed by atoms with Crippen LogP contribution >= 0.6 is 22.9 Å². The Morgan fingerprint density at radius 1 is 1.29 bits per heavy atom. The Hall–Kier alpha value is -1.08. The zero-order chi connectivity index (χ0) is 15.5. The predicted octanol–water partition coefficient (Wildman–Crippen LogP) is 3.70. The molecule has 0 saturated carbocycles. The molecule has 1 heterocycles. The van der Waals surface area contributed by atoms with Crippen LogP contribution in [0.4, 0.5) is 5.69 Å². The van der Waals surface area contributed by atoms with E-state index in [1.165, 1.54) is 11.3 Å². The molecule has 0 aliphatic rings. The van der Waals surface area contributed by atoms with E-state index in [-0.39, 0.29) is 4.21 Å². The number of hydrogen-bond acceptors (Lipinski definition) is 4. The Kier molecular flexibility index (Phi) is 5.27. The summed E-state index contributed by atoms with van der Waals surface area (Å²) in [4.78, 5) is 0. The van der Waals surface area contributed by atoms with Crippen LogP contribution in [0.1, 0.15) is 19.4 Å². The van der Waals surface area contributed by atoms with E-state index < -0.39 is 10.0 Å². The molecule has 0 fully saturated rings. The minimum Gasteiger partial charge on any atom is -0.310 e. The third kappa shape index (κ3) is 4.44. The maximum Gasteiger partial charge on any atom is 0.271 e. The van der Waals surface area contributed by atoms with E-state index in [1.807, 2.05) is 19.2 Å². The second kappa shape index (κ2) is 6.79. The topological polar surface area (TPSA) is 58.2 Å². The van der Waals surface area contributed by atoms with Crippen LogP contribution in [-0.4, -0.2) is 14.5 Å². The number of hydrogen-bond donors (Lipinski definition) is 2. The highest BCUT2D eigenvalue weighted by Gasteiger charge is 2.18. The normalized spacial score (nSPS) is 11.8. The van der Waals surface area contributed by atoms with Crippen LogP contribution in [0.25, 0.3) is 0 Å². The fourth-order valence-electron chi connectivity index (χ4n) is 1.65. The standard InChI is InChI=1S/C14H17ClN2O2S2/c1-10(2)16-8-11-7-14(20-9-11)21(18,19)17-13-6-4-3-5-12(13)15/h3-7,9-10,16-17H,8H2,1-2H3. The number of rotatable bonds is 6. The van der Waals surface area contributed by atoms with Crippen molar-refractivity contribution in [2.75, 3.05) is 4.72 Å². The third-order valence-electron chi connectivity index (χ3n) is 2.73. The van der Waals surface area contributed by atoms with Crippen molar-refractivity contribution in [2.45, 2.75) is 30.6 Å². The monoisotopic (exact) mass is 344 g/mol. The molecule has 4 nitrogen and oxygen atoms in total. The predicted molar refractivity (Wildman–Crippen MR) is 88.6 cm³/mol. The molecule has 2 rings (SSSR count). The second-order valence-corrected chi connectivity index (χ2v) is 8.12. The van der Waals surface area contributed by atoms with Gasteiger partial charge in [0.2, 0.25) is 0 Å². The molecule has 0 radical (unpaired) electrons. The van der Waals surface area contributed by atoms with E-state index in [2.05, 4.69) is 10.0 Å². The lowest BCUT2D eigenvalue weighted by atomic mass is 10.3. The molecular formula is C14H17ClN2O2S2. The number of sulfonamides is 1. The van der Waals surface area contributed by atoms with Gasteiger partial charge in [-0.2, -0.15) is 0 Å². The van der Waals surface area contributed by atoms with E-state index in [9.17, 15) is 8.42 Å². The zero-order valence-corrected chi connectivity index (χ0v) is 14.1. The molecule has 1 aromatic carbocycles. The van der Waals surface area contributed by atoms with Gasteiger partial charge in [-0.25, -0.2) is 8.42 Å². The van der Waals surface area contributed by atoms with Gasteiger partial charge >= 0.3 is 0 Å². The number of anilines is 1. The summed E-state index contributed by atoms with van der Waals surface area (Å²) in [6, 6.07) is 8.79. The molecule has 0 aliphatic carbocycles. The first kappa shape index (κ1) is 16.3. The van der Waals surface area contributed by atoms with E-state index in [0.29, 0.717) is 23.3 Å². The van der Waals surface area contributed by atoms with Gasteiger partial charge in [0.1, 0.15) is 4.21 Å². The highest BCUT2D eigenvalue weighted by atomic mass is 35.5. The van der Waals surface area contributed by atoms with Gasteiger partial charge in [0.15, 0.2) is 0 Å². The molecule has 2 N–H and O–H groups in total. The first-order valence-corrected chi connectivity index (χ1v) is 9.21. The molecule has 2 aromatic rings. The van der Waals surface area contributed by atoms with E-state index in [4.69, 9.17) is 11.6 Å². The van der Waals surface area contributed by atoms with Crippen molar-refractivity contribution < 1.29 is 8.42 Å². The largest absolute Gasteiger partial charge is 0.310 e. The molecule has 7 heteroatoms. The lowest BCUT2D eigenvalue weighted by Gasteiger charge is -2.07. The van der Waals surface area contributed by atoms with Gasteiger partial charge in [-0.15, -0.1) is 11.3 Å². The Labute approximate surface area is 134 Å². The average molecular weight is 345 g/mol. The molecule has 1 aromatic heterocycles. The van der Waals surface area contributed by atoms with Crippen LogP contribution < -0.4 is 10.0 Å². The molecule has 0 bridgehead atoms. The minimum absolute atomic E-state index is 0.281. The smallest absolute Gasteiger partial charge is 0.271 e. The van der Waals surface area contributed by atoms with Crippen molar-refractivity contribution in [1.82, 2.24) is 5.32 Å².